The van der Waals surface area contributed by atoms with Crippen molar-refractivity contribution in [3.05, 3.63) is 51.4 Å². The summed E-state index contributed by atoms with van der Waals surface area (Å²) in [5, 5.41) is 14.5. The first-order valence-corrected chi connectivity index (χ1v) is 5.00. The van der Waals surface area contributed by atoms with Crippen molar-refractivity contribution in [2.24, 2.45) is 0 Å². The predicted octanol–water partition coefficient (Wildman–Crippen LogP) is 2.09. The number of ether oxygens (including phenoxy) is 1. The zero-order valence-electron chi connectivity index (χ0n) is 8.48. The molecule has 0 saturated carbocycles. The molecule has 17 heavy (non-hydrogen) atoms. The second kappa shape index (κ2) is 4.68. The van der Waals surface area contributed by atoms with Crippen molar-refractivity contribution < 1.29 is 4.74 Å². The number of nitrogens with zero attached hydrogens (tertiary/aromatic N) is 2. The lowest BCUT2D eigenvalue weighted by atomic mass is 10.2. The van der Waals surface area contributed by atoms with Gasteiger partial charge in [-0.15, -0.1) is 0 Å². The lowest BCUT2D eigenvalue weighted by molar-refractivity contribution is 0.476. The molecule has 0 unspecified atom stereocenters. The SMILES string of the molecule is N#Cc1ccccc1Oc1cn[nH]c(=O)c1Cl. The molecule has 0 atom stereocenters. The van der Waals surface area contributed by atoms with E-state index in [1.807, 2.05) is 6.07 Å². The van der Waals surface area contributed by atoms with Gasteiger partial charge in [0, 0.05) is 0 Å². The van der Waals surface area contributed by atoms with E-state index in [-0.39, 0.29) is 10.8 Å². The van der Waals surface area contributed by atoms with Crippen LogP contribution in [0.15, 0.2) is 35.3 Å². The minimum atomic E-state index is -0.543. The highest BCUT2D eigenvalue weighted by Gasteiger charge is 2.09. The van der Waals surface area contributed by atoms with E-state index in [0.29, 0.717) is 11.3 Å². The van der Waals surface area contributed by atoms with Crippen LogP contribution in [0.3, 0.4) is 0 Å². The van der Waals surface area contributed by atoms with Crippen LogP contribution in [-0.4, -0.2) is 10.2 Å². The number of benzene rings is 1. The van der Waals surface area contributed by atoms with Crippen molar-refractivity contribution in [1.29, 1.82) is 5.26 Å². The molecule has 6 heteroatoms. The van der Waals surface area contributed by atoms with Gasteiger partial charge in [0.05, 0.1) is 11.8 Å². The fourth-order valence-corrected chi connectivity index (χ4v) is 1.33. The number of aromatic nitrogens is 2. The lowest BCUT2D eigenvalue weighted by Gasteiger charge is -2.06. The van der Waals surface area contributed by atoms with Crippen LogP contribution < -0.4 is 10.3 Å². The topological polar surface area (TPSA) is 78.8 Å². The monoisotopic (exact) mass is 247 g/mol. The van der Waals surface area contributed by atoms with Crippen molar-refractivity contribution in [1.82, 2.24) is 10.2 Å². The summed E-state index contributed by atoms with van der Waals surface area (Å²) >= 11 is 5.75. The number of halogens is 1. The first-order valence-electron chi connectivity index (χ1n) is 4.62. The molecule has 5 nitrogen and oxygen atoms in total. The summed E-state index contributed by atoms with van der Waals surface area (Å²) in [6, 6.07) is 8.61. The van der Waals surface area contributed by atoms with Crippen molar-refractivity contribution >= 4 is 11.6 Å². The molecule has 0 saturated heterocycles. The molecule has 0 spiro atoms. The molecular formula is C11H6ClN3O2. The largest absolute Gasteiger partial charge is 0.452 e. The summed E-state index contributed by atoms with van der Waals surface area (Å²) in [5.74, 6) is 0.433. The summed E-state index contributed by atoms with van der Waals surface area (Å²) in [5.41, 5.74) is -0.192. The summed E-state index contributed by atoms with van der Waals surface area (Å²) < 4.78 is 5.38. The summed E-state index contributed by atoms with van der Waals surface area (Å²) in [4.78, 5) is 11.2. The smallest absolute Gasteiger partial charge is 0.286 e. The van der Waals surface area contributed by atoms with E-state index in [9.17, 15) is 4.79 Å². The molecule has 84 valence electrons. The minimum Gasteiger partial charge on any atom is -0.452 e. The molecule has 1 aromatic carbocycles. The standard InChI is InChI=1S/C11H6ClN3O2/c12-10-9(6-14-15-11(10)16)17-8-4-2-1-3-7(8)5-13/h1-4,6H,(H,15,16). The third-order valence-corrected chi connectivity index (χ3v) is 2.35. The van der Waals surface area contributed by atoms with E-state index in [4.69, 9.17) is 21.6 Å². The average molecular weight is 248 g/mol. The maximum absolute atomic E-state index is 11.2. The van der Waals surface area contributed by atoms with Gasteiger partial charge >= 0.3 is 0 Å². The molecule has 1 heterocycles. The van der Waals surface area contributed by atoms with Crippen LogP contribution in [0.5, 0.6) is 11.5 Å². The Morgan fingerprint density at radius 1 is 1.35 bits per heavy atom. The summed E-state index contributed by atoms with van der Waals surface area (Å²) in [6.07, 6.45) is 1.28. The predicted molar refractivity (Wildman–Crippen MR) is 61.1 cm³/mol. The highest BCUT2D eigenvalue weighted by atomic mass is 35.5. The van der Waals surface area contributed by atoms with E-state index in [2.05, 4.69) is 10.2 Å². The molecule has 0 bridgehead atoms. The average Bonchev–Trinajstić information content (AvgIpc) is 2.35. The second-order valence-corrected chi connectivity index (χ2v) is 3.47. The molecule has 0 fully saturated rings. The van der Waals surface area contributed by atoms with E-state index in [0.717, 1.165) is 0 Å². The van der Waals surface area contributed by atoms with E-state index in [1.165, 1.54) is 6.20 Å². The number of rotatable bonds is 2. The van der Waals surface area contributed by atoms with Crippen molar-refractivity contribution in [3.8, 4) is 17.6 Å². The first kappa shape index (κ1) is 11.2. The van der Waals surface area contributed by atoms with Crippen molar-refractivity contribution in [2.75, 3.05) is 0 Å². The molecule has 0 aliphatic carbocycles. The number of hydrogen-bond acceptors (Lipinski definition) is 4. The molecule has 2 aromatic rings. The van der Waals surface area contributed by atoms with Crippen LogP contribution in [0.2, 0.25) is 5.02 Å². The number of hydrogen-bond donors (Lipinski definition) is 1. The number of H-pyrrole nitrogens is 1. The Labute approximate surface area is 101 Å². The van der Waals surface area contributed by atoms with Gasteiger partial charge < -0.3 is 4.74 Å². The van der Waals surface area contributed by atoms with Crippen LogP contribution in [0.4, 0.5) is 0 Å². The number of nitriles is 1. The Hall–Kier alpha value is -2.32. The van der Waals surface area contributed by atoms with Gasteiger partial charge in [-0.25, -0.2) is 5.10 Å². The van der Waals surface area contributed by atoms with Gasteiger partial charge in [0.15, 0.2) is 10.8 Å². The van der Waals surface area contributed by atoms with Gasteiger partial charge in [0.2, 0.25) is 0 Å². The van der Waals surface area contributed by atoms with Gasteiger partial charge in [-0.1, -0.05) is 23.7 Å². The third kappa shape index (κ3) is 2.27. The summed E-state index contributed by atoms with van der Waals surface area (Å²) in [7, 11) is 0. The van der Waals surface area contributed by atoms with Crippen molar-refractivity contribution in [3.63, 3.8) is 0 Å². The fraction of sp³-hybridized carbons (Fsp3) is 0. The van der Waals surface area contributed by atoms with E-state index in [1.54, 1.807) is 24.3 Å². The quantitative estimate of drug-likeness (QED) is 0.881. The van der Waals surface area contributed by atoms with Crippen molar-refractivity contribution in [2.45, 2.75) is 0 Å². The molecule has 0 aliphatic heterocycles. The molecule has 0 amide bonds. The van der Waals surface area contributed by atoms with Gasteiger partial charge in [-0.3, -0.25) is 4.79 Å². The zero-order chi connectivity index (χ0) is 12.3. The highest BCUT2D eigenvalue weighted by Crippen LogP contribution is 2.27. The summed E-state index contributed by atoms with van der Waals surface area (Å²) in [6.45, 7) is 0. The Morgan fingerprint density at radius 3 is 2.88 bits per heavy atom. The minimum absolute atomic E-state index is 0.104. The Bertz CT molecular complexity index is 646. The second-order valence-electron chi connectivity index (χ2n) is 3.09. The van der Waals surface area contributed by atoms with Crippen LogP contribution in [0, 0.1) is 11.3 Å². The van der Waals surface area contributed by atoms with E-state index < -0.39 is 5.56 Å². The first-order chi connectivity index (χ1) is 8.22. The van der Waals surface area contributed by atoms with Gasteiger partial charge in [-0.05, 0) is 12.1 Å². The van der Waals surface area contributed by atoms with Crippen LogP contribution in [0.25, 0.3) is 0 Å². The molecule has 2 rings (SSSR count). The maximum Gasteiger partial charge on any atom is 0.286 e. The Kier molecular flexibility index (Phi) is 3.08. The fourth-order valence-electron chi connectivity index (χ4n) is 1.20. The van der Waals surface area contributed by atoms with Gasteiger partial charge in [0.1, 0.15) is 11.8 Å². The van der Waals surface area contributed by atoms with Crippen LogP contribution in [0.1, 0.15) is 5.56 Å². The van der Waals surface area contributed by atoms with Crippen LogP contribution in [-0.2, 0) is 0 Å². The van der Waals surface area contributed by atoms with Gasteiger partial charge in [-0.2, -0.15) is 10.4 Å². The molecule has 0 radical (unpaired) electrons. The van der Waals surface area contributed by atoms with Gasteiger partial charge in [0.25, 0.3) is 5.56 Å². The molecular weight excluding hydrogens is 242 g/mol. The molecule has 1 N–H and O–H groups in total. The van der Waals surface area contributed by atoms with E-state index >= 15 is 0 Å². The third-order valence-electron chi connectivity index (χ3n) is 1.99. The normalized spacial score (nSPS) is 9.65. The Morgan fingerprint density at radius 2 is 2.12 bits per heavy atom. The Balaban J connectivity index is 2.42. The number of aromatic amines is 1. The molecule has 0 aliphatic rings. The zero-order valence-corrected chi connectivity index (χ0v) is 9.23. The maximum atomic E-state index is 11.2. The molecule has 1 aromatic heterocycles. The number of nitrogens with one attached hydrogen (secondary N) is 1. The van der Waals surface area contributed by atoms with Crippen LogP contribution >= 0.6 is 11.6 Å². The number of para-hydroxylation sites is 1. The highest BCUT2D eigenvalue weighted by molar-refractivity contribution is 6.31. The lowest BCUT2D eigenvalue weighted by Crippen LogP contribution is -2.08.